The molecule has 0 saturated heterocycles. The Morgan fingerprint density at radius 1 is 1.50 bits per heavy atom. The summed E-state index contributed by atoms with van der Waals surface area (Å²) in [6.45, 7) is 4.10. The van der Waals surface area contributed by atoms with Crippen LogP contribution >= 0.6 is 0 Å². The molecule has 1 aromatic carbocycles. The van der Waals surface area contributed by atoms with Gasteiger partial charge in [-0.05, 0) is 37.1 Å². The second-order valence-corrected chi connectivity index (χ2v) is 3.90. The van der Waals surface area contributed by atoms with E-state index < -0.39 is 5.82 Å². The quantitative estimate of drug-likeness (QED) is 0.816. The SMILES string of the molecule is CCC(N)CNC(=O)c1cc(C)cc(F)c1. The maximum absolute atomic E-state index is 13.0. The van der Waals surface area contributed by atoms with Gasteiger partial charge in [-0.2, -0.15) is 0 Å². The second kappa shape index (κ2) is 5.61. The summed E-state index contributed by atoms with van der Waals surface area (Å²) < 4.78 is 13.0. The molecule has 0 saturated carbocycles. The van der Waals surface area contributed by atoms with Crippen molar-refractivity contribution in [1.29, 1.82) is 0 Å². The van der Waals surface area contributed by atoms with Gasteiger partial charge in [0.15, 0.2) is 0 Å². The van der Waals surface area contributed by atoms with Crippen molar-refractivity contribution in [3.05, 3.63) is 35.1 Å². The number of carbonyl (C=O) groups is 1. The Labute approximate surface area is 94.8 Å². The highest BCUT2D eigenvalue weighted by Gasteiger charge is 2.08. The molecule has 3 nitrogen and oxygen atoms in total. The molecule has 0 aliphatic heterocycles. The van der Waals surface area contributed by atoms with Crippen LogP contribution < -0.4 is 11.1 Å². The molecule has 0 heterocycles. The highest BCUT2D eigenvalue weighted by atomic mass is 19.1. The zero-order chi connectivity index (χ0) is 12.1. The normalized spacial score (nSPS) is 12.2. The zero-order valence-corrected chi connectivity index (χ0v) is 9.59. The number of halogens is 1. The second-order valence-electron chi connectivity index (χ2n) is 3.90. The van der Waals surface area contributed by atoms with Gasteiger partial charge >= 0.3 is 0 Å². The largest absolute Gasteiger partial charge is 0.350 e. The fourth-order valence-corrected chi connectivity index (χ4v) is 1.34. The van der Waals surface area contributed by atoms with Crippen LogP contribution in [0.25, 0.3) is 0 Å². The Balaban J connectivity index is 2.66. The maximum atomic E-state index is 13.0. The Bertz CT molecular complexity index is 359. The standard InChI is InChI=1S/C12H17FN2O/c1-3-11(14)7-15-12(16)9-4-8(2)5-10(13)6-9/h4-6,11H,3,7,14H2,1-2H3,(H,15,16). The lowest BCUT2D eigenvalue weighted by Gasteiger charge is -2.10. The molecule has 1 amide bonds. The molecule has 0 fully saturated rings. The number of amides is 1. The van der Waals surface area contributed by atoms with Gasteiger partial charge in [0, 0.05) is 18.2 Å². The number of aryl methyl sites for hydroxylation is 1. The van der Waals surface area contributed by atoms with Crippen LogP contribution in [0, 0.1) is 12.7 Å². The number of hydrogen-bond donors (Lipinski definition) is 2. The summed E-state index contributed by atoms with van der Waals surface area (Å²) in [5, 5.41) is 2.67. The molecule has 0 aliphatic carbocycles. The van der Waals surface area contributed by atoms with Crippen molar-refractivity contribution in [2.45, 2.75) is 26.3 Å². The van der Waals surface area contributed by atoms with Crippen molar-refractivity contribution < 1.29 is 9.18 Å². The third kappa shape index (κ3) is 3.62. The molecule has 16 heavy (non-hydrogen) atoms. The average molecular weight is 224 g/mol. The number of nitrogens with one attached hydrogen (secondary N) is 1. The fourth-order valence-electron chi connectivity index (χ4n) is 1.34. The summed E-state index contributed by atoms with van der Waals surface area (Å²) >= 11 is 0. The minimum Gasteiger partial charge on any atom is -0.350 e. The molecule has 0 radical (unpaired) electrons. The number of hydrogen-bond acceptors (Lipinski definition) is 2. The van der Waals surface area contributed by atoms with E-state index in [1.165, 1.54) is 12.1 Å². The molecule has 1 atom stereocenters. The lowest BCUT2D eigenvalue weighted by molar-refractivity contribution is 0.0950. The summed E-state index contributed by atoms with van der Waals surface area (Å²) in [6.07, 6.45) is 0.794. The van der Waals surface area contributed by atoms with Gasteiger partial charge in [0.25, 0.3) is 5.91 Å². The van der Waals surface area contributed by atoms with Gasteiger partial charge in [0.2, 0.25) is 0 Å². The van der Waals surface area contributed by atoms with Gasteiger partial charge < -0.3 is 11.1 Å². The zero-order valence-electron chi connectivity index (χ0n) is 9.59. The van der Waals surface area contributed by atoms with Crippen molar-refractivity contribution in [3.8, 4) is 0 Å². The van der Waals surface area contributed by atoms with E-state index in [1.54, 1.807) is 13.0 Å². The van der Waals surface area contributed by atoms with E-state index in [0.29, 0.717) is 12.1 Å². The third-order valence-corrected chi connectivity index (χ3v) is 2.35. The fraction of sp³-hybridized carbons (Fsp3) is 0.417. The molecule has 3 N–H and O–H groups in total. The van der Waals surface area contributed by atoms with Gasteiger partial charge in [0.1, 0.15) is 5.82 Å². The summed E-state index contributed by atoms with van der Waals surface area (Å²) in [5.74, 6) is -0.684. The monoisotopic (exact) mass is 224 g/mol. The Kier molecular flexibility index (Phi) is 4.43. The first-order valence-corrected chi connectivity index (χ1v) is 5.34. The molecule has 0 spiro atoms. The van der Waals surface area contributed by atoms with Crippen LogP contribution in [0.2, 0.25) is 0 Å². The van der Waals surface area contributed by atoms with Crippen LogP contribution in [-0.4, -0.2) is 18.5 Å². The van der Waals surface area contributed by atoms with Crippen LogP contribution in [0.3, 0.4) is 0 Å². The number of carbonyl (C=O) groups excluding carboxylic acids is 1. The van der Waals surface area contributed by atoms with Gasteiger partial charge in [-0.25, -0.2) is 4.39 Å². The van der Waals surface area contributed by atoms with Crippen molar-refractivity contribution in [1.82, 2.24) is 5.32 Å². The van der Waals surface area contributed by atoms with Gasteiger partial charge in [0.05, 0.1) is 0 Å². The molecule has 0 aromatic heterocycles. The van der Waals surface area contributed by atoms with Crippen molar-refractivity contribution in [2.24, 2.45) is 5.73 Å². The van der Waals surface area contributed by atoms with E-state index in [9.17, 15) is 9.18 Å². The van der Waals surface area contributed by atoms with Crippen LogP contribution in [0.4, 0.5) is 4.39 Å². The molecule has 0 bridgehead atoms. The minimum absolute atomic E-state index is 0.0568. The minimum atomic E-state index is -0.398. The first-order chi connectivity index (χ1) is 7.52. The number of rotatable bonds is 4. The van der Waals surface area contributed by atoms with E-state index in [1.807, 2.05) is 6.92 Å². The molecule has 0 aliphatic rings. The summed E-state index contributed by atoms with van der Waals surface area (Å²) in [5.41, 5.74) is 6.73. The highest BCUT2D eigenvalue weighted by Crippen LogP contribution is 2.08. The molecule has 88 valence electrons. The number of nitrogens with two attached hydrogens (primary N) is 1. The van der Waals surface area contributed by atoms with E-state index in [4.69, 9.17) is 5.73 Å². The van der Waals surface area contributed by atoms with Crippen molar-refractivity contribution in [2.75, 3.05) is 6.54 Å². The lowest BCUT2D eigenvalue weighted by atomic mass is 10.1. The van der Waals surface area contributed by atoms with Gasteiger partial charge in [-0.15, -0.1) is 0 Å². The smallest absolute Gasteiger partial charge is 0.251 e. The molecule has 4 heteroatoms. The molecule has 1 aromatic rings. The van der Waals surface area contributed by atoms with Crippen molar-refractivity contribution >= 4 is 5.91 Å². The first kappa shape index (κ1) is 12.6. The Morgan fingerprint density at radius 2 is 2.19 bits per heavy atom. The first-order valence-electron chi connectivity index (χ1n) is 5.34. The molecular formula is C12H17FN2O. The van der Waals surface area contributed by atoms with Crippen LogP contribution in [0.1, 0.15) is 29.3 Å². The van der Waals surface area contributed by atoms with E-state index in [2.05, 4.69) is 5.32 Å². The van der Waals surface area contributed by atoms with Gasteiger partial charge in [-0.3, -0.25) is 4.79 Å². The average Bonchev–Trinajstić information content (AvgIpc) is 2.23. The molecular weight excluding hydrogens is 207 g/mol. The maximum Gasteiger partial charge on any atom is 0.251 e. The summed E-state index contributed by atoms with van der Waals surface area (Å²) in [7, 11) is 0. The van der Waals surface area contributed by atoms with Gasteiger partial charge in [-0.1, -0.05) is 6.92 Å². The summed E-state index contributed by atoms with van der Waals surface area (Å²) in [4.78, 5) is 11.6. The van der Waals surface area contributed by atoms with Crippen LogP contribution in [0.5, 0.6) is 0 Å². The molecule has 1 unspecified atom stereocenters. The Hall–Kier alpha value is -1.42. The molecule has 1 rings (SSSR count). The highest BCUT2D eigenvalue weighted by molar-refractivity contribution is 5.94. The van der Waals surface area contributed by atoms with E-state index in [0.717, 1.165) is 12.0 Å². The predicted octanol–water partition coefficient (Wildman–Crippen LogP) is 1.60. The lowest BCUT2D eigenvalue weighted by Crippen LogP contribution is -2.36. The van der Waals surface area contributed by atoms with E-state index >= 15 is 0 Å². The van der Waals surface area contributed by atoms with E-state index in [-0.39, 0.29) is 11.9 Å². The van der Waals surface area contributed by atoms with Crippen molar-refractivity contribution in [3.63, 3.8) is 0 Å². The predicted molar refractivity (Wildman–Crippen MR) is 61.7 cm³/mol. The number of benzene rings is 1. The third-order valence-electron chi connectivity index (χ3n) is 2.35. The topological polar surface area (TPSA) is 55.1 Å². The van der Waals surface area contributed by atoms with Crippen LogP contribution in [0.15, 0.2) is 18.2 Å². The van der Waals surface area contributed by atoms with Crippen LogP contribution in [-0.2, 0) is 0 Å². The summed E-state index contributed by atoms with van der Waals surface area (Å²) in [6, 6.07) is 4.20. The Morgan fingerprint density at radius 3 is 2.75 bits per heavy atom.